The number of fused-ring (bicyclic) bond motifs is 1. The van der Waals surface area contributed by atoms with Crippen LogP contribution in [0, 0.1) is 11.3 Å². The summed E-state index contributed by atoms with van der Waals surface area (Å²) in [6, 6.07) is 19.9. The van der Waals surface area contributed by atoms with Crippen molar-refractivity contribution in [1.82, 2.24) is 15.1 Å². The monoisotopic (exact) mass is 498 g/mol. The highest BCUT2D eigenvalue weighted by atomic mass is 35.5. The minimum atomic E-state index is -0.744. The van der Waals surface area contributed by atoms with Gasteiger partial charge >= 0.3 is 5.76 Å². The highest BCUT2D eigenvalue weighted by molar-refractivity contribution is 6.31. The van der Waals surface area contributed by atoms with Crippen LogP contribution in [0.4, 0.5) is 11.4 Å². The van der Waals surface area contributed by atoms with Gasteiger partial charge in [-0.1, -0.05) is 35.0 Å². The molecule has 2 heterocycles. The van der Waals surface area contributed by atoms with Crippen molar-refractivity contribution in [1.29, 1.82) is 5.26 Å². The van der Waals surface area contributed by atoms with E-state index in [4.69, 9.17) is 16.9 Å². The Kier molecular flexibility index (Phi) is 5.82. The fraction of sp³-hybridized carbons (Fsp3) is 0. The van der Waals surface area contributed by atoms with Crippen molar-refractivity contribution in [3.8, 4) is 17.5 Å². The number of H-pyrrole nitrogens is 2. The van der Waals surface area contributed by atoms with E-state index in [9.17, 15) is 14.4 Å². The van der Waals surface area contributed by atoms with Crippen molar-refractivity contribution in [3.05, 3.63) is 99.1 Å². The average molecular weight is 499 g/mol. The molecular formula is C25H15ClN6O4. The summed E-state index contributed by atoms with van der Waals surface area (Å²) < 4.78 is 4.56. The van der Waals surface area contributed by atoms with Crippen molar-refractivity contribution in [2.24, 2.45) is 0 Å². The third-order valence-corrected chi connectivity index (χ3v) is 5.56. The van der Waals surface area contributed by atoms with Gasteiger partial charge in [0.2, 0.25) is 0 Å². The molecule has 36 heavy (non-hydrogen) atoms. The molecule has 0 bridgehead atoms. The zero-order chi connectivity index (χ0) is 25.2. The molecule has 0 aliphatic heterocycles. The lowest BCUT2D eigenvalue weighted by Gasteiger charge is -2.09. The van der Waals surface area contributed by atoms with Crippen molar-refractivity contribution < 1.29 is 14.1 Å². The van der Waals surface area contributed by atoms with Gasteiger partial charge in [-0.15, -0.1) is 0 Å². The third-order valence-electron chi connectivity index (χ3n) is 5.33. The van der Waals surface area contributed by atoms with E-state index in [0.717, 1.165) is 0 Å². The Morgan fingerprint density at radius 2 is 1.75 bits per heavy atom. The average Bonchev–Trinajstić information content (AvgIpc) is 3.52. The number of aromatic nitrogens is 3. The normalized spacial score (nSPS) is 10.7. The Morgan fingerprint density at radius 3 is 2.53 bits per heavy atom. The number of aromatic amines is 2. The zero-order valence-corrected chi connectivity index (χ0v) is 19.0. The molecule has 0 fully saturated rings. The van der Waals surface area contributed by atoms with Crippen molar-refractivity contribution in [3.63, 3.8) is 0 Å². The molecule has 176 valence electrons. The second-order valence-corrected chi connectivity index (χ2v) is 8.12. The van der Waals surface area contributed by atoms with E-state index >= 15 is 0 Å². The second kappa shape index (κ2) is 9.25. The van der Waals surface area contributed by atoms with Gasteiger partial charge in [-0.3, -0.25) is 19.1 Å². The molecular weight excluding hydrogens is 484 g/mol. The van der Waals surface area contributed by atoms with Gasteiger partial charge in [-0.2, -0.15) is 5.26 Å². The SMILES string of the molecule is N#Cc1cccc(C(=O)Nc2cccc3cc(C(=O)Nc4ccc(Cl)cc4-c4noc(=O)[nH]4)[nH]c23)c1. The molecule has 2 amide bonds. The molecule has 3 aromatic carbocycles. The fourth-order valence-corrected chi connectivity index (χ4v) is 3.84. The Bertz CT molecular complexity index is 1740. The summed E-state index contributed by atoms with van der Waals surface area (Å²) in [5.74, 6) is -1.50. The smallest absolute Gasteiger partial charge is 0.349 e. The number of rotatable bonds is 5. The van der Waals surface area contributed by atoms with E-state index in [-0.39, 0.29) is 11.5 Å². The van der Waals surface area contributed by atoms with E-state index in [1.165, 1.54) is 12.1 Å². The second-order valence-electron chi connectivity index (χ2n) is 7.69. The van der Waals surface area contributed by atoms with Gasteiger partial charge in [0.05, 0.1) is 28.5 Å². The van der Waals surface area contributed by atoms with Crippen molar-refractivity contribution in [2.45, 2.75) is 0 Å². The maximum Gasteiger partial charge on any atom is 0.439 e. The van der Waals surface area contributed by atoms with Crippen LogP contribution >= 0.6 is 11.6 Å². The van der Waals surface area contributed by atoms with Crippen LogP contribution in [0.2, 0.25) is 5.02 Å². The number of hydrogen-bond acceptors (Lipinski definition) is 6. The Morgan fingerprint density at radius 1 is 0.944 bits per heavy atom. The topological polar surface area (TPSA) is 157 Å². The predicted octanol–water partition coefficient (Wildman–Crippen LogP) is 4.54. The molecule has 5 aromatic rings. The van der Waals surface area contributed by atoms with Gasteiger partial charge in [-0.05, 0) is 48.5 Å². The number of amides is 2. The Hall–Kier alpha value is -5.14. The third kappa shape index (κ3) is 4.46. The summed E-state index contributed by atoms with van der Waals surface area (Å²) in [5, 5.41) is 19.4. The summed E-state index contributed by atoms with van der Waals surface area (Å²) in [4.78, 5) is 42.7. The number of anilines is 2. The number of nitriles is 1. The van der Waals surface area contributed by atoms with E-state index in [0.29, 0.717) is 44.0 Å². The maximum atomic E-state index is 13.1. The Balaban J connectivity index is 1.43. The summed E-state index contributed by atoms with van der Waals surface area (Å²) in [5.41, 5.74) is 2.65. The molecule has 10 nitrogen and oxygen atoms in total. The van der Waals surface area contributed by atoms with Crippen LogP contribution in [0.25, 0.3) is 22.3 Å². The molecule has 4 N–H and O–H groups in total. The summed E-state index contributed by atoms with van der Waals surface area (Å²) in [6.45, 7) is 0. The molecule has 0 aliphatic rings. The van der Waals surface area contributed by atoms with E-state index in [1.807, 2.05) is 6.07 Å². The first-order valence-electron chi connectivity index (χ1n) is 10.5. The Labute approximate surface area is 207 Å². The van der Waals surface area contributed by atoms with E-state index in [2.05, 4.69) is 30.3 Å². The van der Waals surface area contributed by atoms with Crippen LogP contribution in [0.5, 0.6) is 0 Å². The molecule has 0 spiro atoms. The van der Waals surface area contributed by atoms with Gasteiger partial charge in [0.25, 0.3) is 11.8 Å². The number of carbonyl (C=O) groups excluding carboxylic acids is 2. The highest BCUT2D eigenvalue weighted by Crippen LogP contribution is 2.29. The van der Waals surface area contributed by atoms with Gasteiger partial charge in [0, 0.05) is 21.5 Å². The standard InChI is InChI=1S/C25H15ClN6O4/c26-16-7-8-18(17(11-16)22-31-25(35)36-32-22)29-24(34)20-10-14-4-2-6-19(21(14)28-20)30-23(33)15-5-1-3-13(9-15)12-27/h1-11,28H,(H,29,34)(H,30,33)(H,31,32,35). The first-order valence-corrected chi connectivity index (χ1v) is 10.9. The summed E-state index contributed by atoms with van der Waals surface area (Å²) in [6.07, 6.45) is 0. The molecule has 0 saturated heterocycles. The van der Waals surface area contributed by atoms with Crippen LogP contribution in [0.1, 0.15) is 26.4 Å². The van der Waals surface area contributed by atoms with Gasteiger partial charge in [0.15, 0.2) is 5.82 Å². The molecule has 0 atom stereocenters. The predicted molar refractivity (Wildman–Crippen MR) is 133 cm³/mol. The van der Waals surface area contributed by atoms with Crippen LogP contribution in [0.15, 0.2) is 76.0 Å². The fourth-order valence-electron chi connectivity index (χ4n) is 3.66. The number of benzene rings is 3. The summed E-state index contributed by atoms with van der Waals surface area (Å²) >= 11 is 6.08. The molecule has 2 aromatic heterocycles. The number of para-hydroxylation sites is 1. The van der Waals surface area contributed by atoms with Gasteiger partial charge in [0.1, 0.15) is 5.69 Å². The molecule has 0 saturated carbocycles. The first-order chi connectivity index (χ1) is 17.4. The maximum absolute atomic E-state index is 13.1. The highest BCUT2D eigenvalue weighted by Gasteiger charge is 2.17. The molecule has 5 rings (SSSR count). The lowest BCUT2D eigenvalue weighted by molar-refractivity contribution is 0.101. The van der Waals surface area contributed by atoms with Crippen LogP contribution in [-0.2, 0) is 0 Å². The minimum Gasteiger partial charge on any atom is -0.349 e. The minimum absolute atomic E-state index is 0.111. The zero-order valence-electron chi connectivity index (χ0n) is 18.3. The lowest BCUT2D eigenvalue weighted by Crippen LogP contribution is -2.14. The molecule has 0 radical (unpaired) electrons. The largest absolute Gasteiger partial charge is 0.439 e. The van der Waals surface area contributed by atoms with Gasteiger partial charge < -0.3 is 15.6 Å². The van der Waals surface area contributed by atoms with E-state index in [1.54, 1.807) is 54.6 Å². The van der Waals surface area contributed by atoms with Gasteiger partial charge in [-0.25, -0.2) is 4.79 Å². The molecule has 0 aliphatic carbocycles. The number of halogens is 1. The van der Waals surface area contributed by atoms with E-state index < -0.39 is 17.6 Å². The number of nitrogens with zero attached hydrogens (tertiary/aromatic N) is 2. The quantitative estimate of drug-likeness (QED) is 0.278. The summed E-state index contributed by atoms with van der Waals surface area (Å²) in [7, 11) is 0. The first kappa shape index (κ1) is 22.6. The number of carbonyl (C=O) groups is 2. The number of nitrogens with one attached hydrogen (secondary N) is 4. The van der Waals surface area contributed by atoms with Crippen LogP contribution in [0.3, 0.4) is 0 Å². The molecule has 0 unspecified atom stereocenters. The van der Waals surface area contributed by atoms with Crippen LogP contribution < -0.4 is 16.4 Å². The van der Waals surface area contributed by atoms with Crippen LogP contribution in [-0.4, -0.2) is 26.9 Å². The number of hydrogen-bond donors (Lipinski definition) is 4. The molecule has 11 heteroatoms. The van der Waals surface area contributed by atoms with Crippen molar-refractivity contribution >= 4 is 45.7 Å². The lowest BCUT2D eigenvalue weighted by atomic mass is 10.1. The van der Waals surface area contributed by atoms with Crippen molar-refractivity contribution in [2.75, 3.05) is 10.6 Å².